The SMILES string of the molecule is CC=NCC(=O)Nc1ccc(COO)cc1. The van der Waals surface area contributed by atoms with Crippen LogP contribution in [0, 0.1) is 0 Å². The molecule has 0 unspecified atom stereocenters. The maximum Gasteiger partial charge on any atom is 0.246 e. The summed E-state index contributed by atoms with van der Waals surface area (Å²) in [5, 5.41) is 10.9. The molecule has 1 aromatic rings. The first-order valence-corrected chi connectivity index (χ1v) is 4.86. The highest BCUT2D eigenvalue weighted by molar-refractivity contribution is 5.92. The number of carbonyl (C=O) groups is 1. The molecular formula is C11H14N2O3. The molecular weight excluding hydrogens is 208 g/mol. The third kappa shape index (κ3) is 4.20. The van der Waals surface area contributed by atoms with Crippen molar-refractivity contribution in [3.63, 3.8) is 0 Å². The molecule has 86 valence electrons. The number of amides is 1. The van der Waals surface area contributed by atoms with E-state index in [-0.39, 0.29) is 19.1 Å². The number of hydrogen-bond donors (Lipinski definition) is 2. The van der Waals surface area contributed by atoms with Crippen molar-refractivity contribution < 1.29 is 14.9 Å². The van der Waals surface area contributed by atoms with Crippen LogP contribution in [0.1, 0.15) is 12.5 Å². The first-order chi connectivity index (χ1) is 7.76. The summed E-state index contributed by atoms with van der Waals surface area (Å²) in [6, 6.07) is 6.99. The van der Waals surface area contributed by atoms with Crippen molar-refractivity contribution in [3.05, 3.63) is 29.8 Å². The van der Waals surface area contributed by atoms with E-state index in [4.69, 9.17) is 5.26 Å². The number of benzene rings is 1. The van der Waals surface area contributed by atoms with Crippen molar-refractivity contribution >= 4 is 17.8 Å². The second kappa shape index (κ2) is 6.71. The molecule has 0 bridgehead atoms. The van der Waals surface area contributed by atoms with E-state index in [2.05, 4.69) is 15.2 Å². The van der Waals surface area contributed by atoms with Gasteiger partial charge < -0.3 is 5.32 Å². The highest BCUT2D eigenvalue weighted by Gasteiger charge is 2.00. The molecule has 0 aliphatic carbocycles. The summed E-state index contributed by atoms with van der Waals surface area (Å²) < 4.78 is 0. The van der Waals surface area contributed by atoms with Crippen molar-refractivity contribution in [2.75, 3.05) is 11.9 Å². The molecule has 2 N–H and O–H groups in total. The smallest absolute Gasteiger partial charge is 0.246 e. The molecule has 1 aromatic carbocycles. The lowest BCUT2D eigenvalue weighted by molar-refractivity contribution is -0.253. The third-order valence-corrected chi connectivity index (χ3v) is 1.89. The third-order valence-electron chi connectivity index (χ3n) is 1.89. The summed E-state index contributed by atoms with van der Waals surface area (Å²) in [5.41, 5.74) is 1.52. The van der Waals surface area contributed by atoms with Gasteiger partial charge in [0, 0.05) is 5.69 Å². The monoisotopic (exact) mass is 222 g/mol. The lowest BCUT2D eigenvalue weighted by atomic mass is 10.2. The van der Waals surface area contributed by atoms with Gasteiger partial charge in [-0.1, -0.05) is 12.1 Å². The normalized spacial score (nSPS) is 10.6. The predicted molar refractivity (Wildman–Crippen MR) is 61.5 cm³/mol. The molecule has 5 heteroatoms. The zero-order chi connectivity index (χ0) is 11.8. The van der Waals surface area contributed by atoms with E-state index < -0.39 is 0 Å². The van der Waals surface area contributed by atoms with Gasteiger partial charge in [-0.2, -0.15) is 0 Å². The van der Waals surface area contributed by atoms with Crippen molar-refractivity contribution in [2.45, 2.75) is 13.5 Å². The van der Waals surface area contributed by atoms with Crippen molar-refractivity contribution in [1.29, 1.82) is 0 Å². The van der Waals surface area contributed by atoms with Crippen LogP contribution in [-0.4, -0.2) is 23.9 Å². The van der Waals surface area contributed by atoms with E-state index in [0.29, 0.717) is 5.69 Å². The average molecular weight is 222 g/mol. The number of carbonyl (C=O) groups excluding carboxylic acids is 1. The fraction of sp³-hybridized carbons (Fsp3) is 0.273. The van der Waals surface area contributed by atoms with Crippen LogP contribution < -0.4 is 5.32 Å². The van der Waals surface area contributed by atoms with E-state index >= 15 is 0 Å². The average Bonchev–Trinajstić information content (AvgIpc) is 2.29. The van der Waals surface area contributed by atoms with Crippen LogP contribution in [0.25, 0.3) is 0 Å². The van der Waals surface area contributed by atoms with Gasteiger partial charge in [0.2, 0.25) is 5.91 Å². The summed E-state index contributed by atoms with van der Waals surface area (Å²) in [5.74, 6) is -0.163. The minimum atomic E-state index is -0.163. The number of nitrogens with zero attached hydrogens (tertiary/aromatic N) is 1. The van der Waals surface area contributed by atoms with Gasteiger partial charge in [-0.15, -0.1) is 0 Å². The zero-order valence-corrected chi connectivity index (χ0v) is 9.01. The van der Waals surface area contributed by atoms with Crippen molar-refractivity contribution in [1.82, 2.24) is 0 Å². The summed E-state index contributed by atoms with van der Waals surface area (Å²) in [6.45, 7) is 2.02. The first kappa shape index (κ1) is 12.4. The van der Waals surface area contributed by atoms with Gasteiger partial charge in [-0.3, -0.25) is 15.0 Å². The zero-order valence-electron chi connectivity index (χ0n) is 9.01. The number of rotatable bonds is 5. The molecule has 5 nitrogen and oxygen atoms in total. The molecule has 0 radical (unpaired) electrons. The van der Waals surface area contributed by atoms with Gasteiger partial charge in [-0.25, -0.2) is 4.89 Å². The minimum absolute atomic E-state index is 0.123. The Bertz CT molecular complexity index is 360. The Hall–Kier alpha value is -1.72. The number of anilines is 1. The number of hydrogen-bond acceptors (Lipinski definition) is 4. The summed E-state index contributed by atoms with van der Waals surface area (Å²) >= 11 is 0. The van der Waals surface area contributed by atoms with Crippen LogP contribution in [0.5, 0.6) is 0 Å². The number of aliphatic imine (C=N–C) groups is 1. The second-order valence-electron chi connectivity index (χ2n) is 3.12. The highest BCUT2D eigenvalue weighted by atomic mass is 17.1. The largest absolute Gasteiger partial charge is 0.324 e. The molecule has 0 saturated carbocycles. The molecule has 0 atom stereocenters. The van der Waals surface area contributed by atoms with E-state index in [1.165, 1.54) is 0 Å². The van der Waals surface area contributed by atoms with Crippen LogP contribution in [0.3, 0.4) is 0 Å². The van der Waals surface area contributed by atoms with Crippen LogP contribution in [-0.2, 0) is 16.3 Å². The Morgan fingerprint density at radius 3 is 2.75 bits per heavy atom. The molecule has 16 heavy (non-hydrogen) atoms. The quantitative estimate of drug-likeness (QED) is 0.452. The van der Waals surface area contributed by atoms with Crippen molar-refractivity contribution in [3.8, 4) is 0 Å². The second-order valence-corrected chi connectivity index (χ2v) is 3.12. The molecule has 0 saturated heterocycles. The lowest BCUT2D eigenvalue weighted by Gasteiger charge is -2.04. The lowest BCUT2D eigenvalue weighted by Crippen LogP contribution is -2.14. The van der Waals surface area contributed by atoms with Gasteiger partial charge in [0.25, 0.3) is 0 Å². The fourth-order valence-electron chi connectivity index (χ4n) is 1.13. The first-order valence-electron chi connectivity index (χ1n) is 4.86. The van der Waals surface area contributed by atoms with Gasteiger partial charge in [-0.05, 0) is 30.8 Å². The molecule has 0 heterocycles. The predicted octanol–water partition coefficient (Wildman–Crippen LogP) is 1.71. The van der Waals surface area contributed by atoms with E-state index in [9.17, 15) is 4.79 Å². The van der Waals surface area contributed by atoms with Crippen LogP contribution in [0.4, 0.5) is 5.69 Å². The van der Waals surface area contributed by atoms with E-state index in [1.54, 1.807) is 37.4 Å². The van der Waals surface area contributed by atoms with Gasteiger partial charge in [0.15, 0.2) is 0 Å². The molecule has 0 aliphatic rings. The maximum atomic E-state index is 11.3. The Morgan fingerprint density at radius 2 is 2.19 bits per heavy atom. The summed E-state index contributed by atoms with van der Waals surface area (Å²) in [4.78, 5) is 19.1. The summed E-state index contributed by atoms with van der Waals surface area (Å²) in [7, 11) is 0. The Balaban J connectivity index is 2.51. The highest BCUT2D eigenvalue weighted by Crippen LogP contribution is 2.09. The maximum absolute atomic E-state index is 11.3. The van der Waals surface area contributed by atoms with Gasteiger partial charge >= 0.3 is 0 Å². The van der Waals surface area contributed by atoms with Gasteiger partial charge in [0.1, 0.15) is 13.2 Å². The number of nitrogens with one attached hydrogen (secondary N) is 1. The van der Waals surface area contributed by atoms with Gasteiger partial charge in [0.05, 0.1) is 0 Å². The molecule has 1 rings (SSSR count). The molecule has 0 aliphatic heterocycles. The Kier molecular flexibility index (Phi) is 5.18. The minimum Gasteiger partial charge on any atom is -0.324 e. The molecule has 0 aromatic heterocycles. The van der Waals surface area contributed by atoms with Crippen molar-refractivity contribution in [2.24, 2.45) is 4.99 Å². The Morgan fingerprint density at radius 1 is 1.50 bits per heavy atom. The molecule has 0 spiro atoms. The topological polar surface area (TPSA) is 70.9 Å². The van der Waals surface area contributed by atoms with E-state index in [1.807, 2.05) is 0 Å². The fourth-order valence-corrected chi connectivity index (χ4v) is 1.13. The molecule has 0 fully saturated rings. The Labute approximate surface area is 93.7 Å². The summed E-state index contributed by atoms with van der Waals surface area (Å²) in [6.07, 6.45) is 1.58. The molecule has 1 amide bonds. The standard InChI is InChI=1S/C11H14N2O3/c1-2-12-7-11(14)13-10-5-3-9(4-6-10)8-16-15/h2-6,15H,7-8H2,1H3,(H,13,14). The van der Waals surface area contributed by atoms with Crippen LogP contribution >= 0.6 is 0 Å². The van der Waals surface area contributed by atoms with Crippen LogP contribution in [0.2, 0.25) is 0 Å². The van der Waals surface area contributed by atoms with Crippen LogP contribution in [0.15, 0.2) is 29.3 Å². The van der Waals surface area contributed by atoms with E-state index in [0.717, 1.165) is 5.56 Å².